The van der Waals surface area contributed by atoms with E-state index in [4.69, 9.17) is 0 Å². The maximum absolute atomic E-state index is 11.2. The summed E-state index contributed by atoms with van der Waals surface area (Å²) in [7, 11) is 1.96. The van der Waals surface area contributed by atoms with E-state index in [2.05, 4.69) is 4.98 Å². The Morgan fingerprint density at radius 3 is 2.86 bits per heavy atom. The van der Waals surface area contributed by atoms with E-state index in [1.807, 2.05) is 30.8 Å². The second-order valence-electron chi connectivity index (χ2n) is 3.57. The van der Waals surface area contributed by atoms with Gasteiger partial charge in [0.1, 0.15) is 0 Å². The van der Waals surface area contributed by atoms with Crippen molar-refractivity contribution in [2.75, 3.05) is 0 Å². The molecule has 0 saturated carbocycles. The van der Waals surface area contributed by atoms with Crippen molar-refractivity contribution >= 4 is 16.8 Å². The summed E-state index contributed by atoms with van der Waals surface area (Å²) in [4.78, 5) is 15.4. The zero-order valence-corrected chi connectivity index (χ0v) is 8.53. The fraction of sp³-hybridized carbons (Fsp3) is 0.273. The van der Waals surface area contributed by atoms with Crippen molar-refractivity contribution in [1.82, 2.24) is 9.55 Å². The highest BCUT2D eigenvalue weighted by Gasteiger charge is 2.07. The quantitative estimate of drug-likeness (QED) is 0.642. The van der Waals surface area contributed by atoms with Crippen molar-refractivity contribution in [3.8, 4) is 0 Å². The Morgan fingerprint density at radius 1 is 1.50 bits per heavy atom. The van der Waals surface area contributed by atoms with Crippen molar-refractivity contribution in [3.63, 3.8) is 0 Å². The van der Waals surface area contributed by atoms with Crippen LogP contribution in [0.5, 0.6) is 0 Å². The van der Waals surface area contributed by atoms with Crippen molar-refractivity contribution in [2.24, 2.45) is 7.05 Å². The van der Waals surface area contributed by atoms with Crippen LogP contribution in [-0.2, 0) is 7.05 Å². The van der Waals surface area contributed by atoms with Crippen molar-refractivity contribution in [1.29, 1.82) is 0 Å². The van der Waals surface area contributed by atoms with Gasteiger partial charge in [-0.25, -0.2) is 0 Å². The van der Waals surface area contributed by atoms with E-state index in [1.54, 1.807) is 13.1 Å². The molecule has 14 heavy (non-hydrogen) atoms. The van der Waals surface area contributed by atoms with Crippen LogP contribution in [0.25, 0.3) is 11.0 Å². The van der Waals surface area contributed by atoms with Gasteiger partial charge in [-0.2, -0.15) is 0 Å². The lowest BCUT2D eigenvalue weighted by Crippen LogP contribution is -1.94. The molecule has 3 nitrogen and oxygen atoms in total. The summed E-state index contributed by atoms with van der Waals surface area (Å²) in [5, 5.41) is 0. The summed E-state index contributed by atoms with van der Waals surface area (Å²) in [6.07, 6.45) is 3.65. The Kier molecular flexibility index (Phi) is 1.88. The maximum atomic E-state index is 11.2. The van der Waals surface area contributed by atoms with Crippen LogP contribution in [0.4, 0.5) is 0 Å². The molecule has 72 valence electrons. The van der Waals surface area contributed by atoms with Gasteiger partial charge in [0.2, 0.25) is 0 Å². The molecule has 0 saturated heterocycles. The second kappa shape index (κ2) is 2.94. The predicted molar refractivity (Wildman–Crippen MR) is 55.5 cm³/mol. The summed E-state index contributed by atoms with van der Waals surface area (Å²) < 4.78 is 1.99. The van der Waals surface area contributed by atoms with Gasteiger partial charge in [-0.15, -0.1) is 0 Å². The Hall–Kier alpha value is -1.64. The van der Waals surface area contributed by atoms with E-state index in [9.17, 15) is 4.79 Å². The summed E-state index contributed by atoms with van der Waals surface area (Å²) in [6, 6.07) is 1.89. The number of aryl methyl sites for hydroxylation is 2. The van der Waals surface area contributed by atoms with Crippen LogP contribution in [0.1, 0.15) is 22.8 Å². The molecule has 0 radical (unpaired) electrons. The number of Topliss-reactive ketones (excluding diaryl/α,β-unsaturated/α-hetero) is 1. The third kappa shape index (κ3) is 1.21. The summed E-state index contributed by atoms with van der Waals surface area (Å²) in [5.74, 6) is 0.0539. The van der Waals surface area contributed by atoms with Crippen LogP contribution in [-0.4, -0.2) is 15.3 Å². The molecule has 0 aliphatic carbocycles. The van der Waals surface area contributed by atoms with Crippen LogP contribution in [0, 0.1) is 6.92 Å². The fourth-order valence-corrected chi connectivity index (χ4v) is 1.64. The maximum Gasteiger partial charge on any atom is 0.161 e. The van der Waals surface area contributed by atoms with Crippen LogP contribution in [0.2, 0.25) is 0 Å². The molecule has 0 fully saturated rings. The van der Waals surface area contributed by atoms with Gasteiger partial charge < -0.3 is 4.57 Å². The summed E-state index contributed by atoms with van der Waals surface area (Å²) in [5.41, 5.74) is 3.78. The van der Waals surface area contributed by atoms with Gasteiger partial charge in [0.25, 0.3) is 0 Å². The molecule has 2 rings (SSSR count). The van der Waals surface area contributed by atoms with Gasteiger partial charge in [-0.1, -0.05) is 0 Å². The fourth-order valence-electron chi connectivity index (χ4n) is 1.64. The number of ketones is 1. The molecule has 2 aromatic rings. The SMILES string of the molecule is CC(=O)c1cnc2c(C)cn(C)c2c1. The first-order valence-electron chi connectivity index (χ1n) is 4.52. The number of fused-ring (bicyclic) bond motifs is 1. The molecule has 2 aromatic heterocycles. The average Bonchev–Trinajstić information content (AvgIpc) is 2.42. The molecule has 0 unspecified atom stereocenters. The van der Waals surface area contributed by atoms with Gasteiger partial charge in [-0.05, 0) is 25.5 Å². The third-order valence-corrected chi connectivity index (χ3v) is 2.41. The molecule has 0 aliphatic rings. The van der Waals surface area contributed by atoms with Gasteiger partial charge in [0.15, 0.2) is 5.78 Å². The van der Waals surface area contributed by atoms with Gasteiger partial charge in [0, 0.05) is 25.0 Å². The van der Waals surface area contributed by atoms with E-state index in [0.717, 1.165) is 16.6 Å². The van der Waals surface area contributed by atoms with Crippen molar-refractivity contribution in [3.05, 3.63) is 29.6 Å². The number of carbonyl (C=O) groups excluding carboxylic acids is 1. The topological polar surface area (TPSA) is 34.9 Å². The van der Waals surface area contributed by atoms with Crippen molar-refractivity contribution in [2.45, 2.75) is 13.8 Å². The number of carbonyl (C=O) groups is 1. The Balaban J connectivity index is 2.77. The molecule has 0 aromatic carbocycles. The van der Waals surface area contributed by atoms with E-state index < -0.39 is 0 Å². The largest absolute Gasteiger partial charge is 0.349 e. The zero-order chi connectivity index (χ0) is 10.3. The Morgan fingerprint density at radius 2 is 2.21 bits per heavy atom. The first-order chi connectivity index (χ1) is 6.59. The normalized spacial score (nSPS) is 10.8. The highest BCUT2D eigenvalue weighted by Crippen LogP contribution is 2.18. The number of nitrogens with zero attached hydrogens (tertiary/aromatic N) is 2. The standard InChI is InChI=1S/C11H12N2O/c1-7-6-13(3)10-4-9(8(2)14)5-12-11(7)10/h4-6H,1-3H3. The molecule has 0 atom stereocenters. The van der Waals surface area contributed by atoms with E-state index >= 15 is 0 Å². The van der Waals surface area contributed by atoms with Gasteiger partial charge >= 0.3 is 0 Å². The number of hydrogen-bond acceptors (Lipinski definition) is 2. The van der Waals surface area contributed by atoms with Crippen LogP contribution in [0.15, 0.2) is 18.5 Å². The summed E-state index contributed by atoms with van der Waals surface area (Å²) in [6.45, 7) is 3.57. The predicted octanol–water partition coefficient (Wildman–Crippen LogP) is 2.08. The van der Waals surface area contributed by atoms with E-state index in [0.29, 0.717) is 5.56 Å². The molecular formula is C11H12N2O. The second-order valence-corrected chi connectivity index (χ2v) is 3.57. The molecule has 0 bridgehead atoms. The minimum absolute atomic E-state index is 0.0539. The molecule has 3 heteroatoms. The smallest absolute Gasteiger partial charge is 0.161 e. The number of aromatic nitrogens is 2. The Labute approximate surface area is 82.4 Å². The lowest BCUT2D eigenvalue weighted by atomic mass is 10.2. The Bertz CT molecular complexity index is 511. The molecule has 0 N–H and O–H groups in total. The number of rotatable bonds is 1. The third-order valence-electron chi connectivity index (χ3n) is 2.41. The lowest BCUT2D eigenvalue weighted by Gasteiger charge is -1.98. The van der Waals surface area contributed by atoms with E-state index in [1.165, 1.54) is 0 Å². The number of pyridine rings is 1. The monoisotopic (exact) mass is 188 g/mol. The van der Waals surface area contributed by atoms with E-state index in [-0.39, 0.29) is 5.78 Å². The van der Waals surface area contributed by atoms with Crippen LogP contribution in [0.3, 0.4) is 0 Å². The minimum Gasteiger partial charge on any atom is -0.349 e. The molecule has 0 aliphatic heterocycles. The first kappa shape index (κ1) is 8.94. The van der Waals surface area contributed by atoms with Gasteiger partial charge in [-0.3, -0.25) is 9.78 Å². The summed E-state index contributed by atoms with van der Waals surface area (Å²) >= 11 is 0. The number of hydrogen-bond donors (Lipinski definition) is 0. The van der Waals surface area contributed by atoms with Crippen LogP contribution < -0.4 is 0 Å². The average molecular weight is 188 g/mol. The lowest BCUT2D eigenvalue weighted by molar-refractivity contribution is 0.101. The van der Waals surface area contributed by atoms with Crippen molar-refractivity contribution < 1.29 is 4.79 Å². The zero-order valence-electron chi connectivity index (χ0n) is 8.53. The molecule has 2 heterocycles. The highest BCUT2D eigenvalue weighted by atomic mass is 16.1. The van der Waals surface area contributed by atoms with Crippen LogP contribution >= 0.6 is 0 Å². The molecule has 0 amide bonds. The molecule has 0 spiro atoms. The molecular weight excluding hydrogens is 176 g/mol. The van der Waals surface area contributed by atoms with Gasteiger partial charge in [0.05, 0.1) is 11.0 Å². The minimum atomic E-state index is 0.0539. The first-order valence-corrected chi connectivity index (χ1v) is 4.52. The highest BCUT2D eigenvalue weighted by molar-refractivity contribution is 5.97.